The second-order valence-electron chi connectivity index (χ2n) is 8.24. The van der Waals surface area contributed by atoms with Crippen LogP contribution in [-0.4, -0.2) is 36.3 Å². The van der Waals surface area contributed by atoms with Crippen LogP contribution >= 0.6 is 0 Å². The third-order valence-electron chi connectivity index (χ3n) is 5.60. The minimum absolute atomic E-state index is 0.0773. The minimum atomic E-state index is -0.605. The lowest BCUT2D eigenvalue weighted by Crippen LogP contribution is -2.50. The van der Waals surface area contributed by atoms with Gasteiger partial charge in [-0.1, -0.05) is 38.1 Å². The van der Waals surface area contributed by atoms with E-state index in [0.717, 1.165) is 32.5 Å². The fourth-order valence-electron chi connectivity index (χ4n) is 3.75. The van der Waals surface area contributed by atoms with Crippen molar-refractivity contribution in [2.75, 3.05) is 25.0 Å². The Morgan fingerprint density at radius 1 is 1.03 bits per heavy atom. The van der Waals surface area contributed by atoms with E-state index < -0.39 is 6.03 Å². The molecule has 3 rings (SSSR count). The highest BCUT2D eigenvalue weighted by atomic mass is 16.2. The van der Waals surface area contributed by atoms with E-state index in [4.69, 9.17) is 5.73 Å². The van der Waals surface area contributed by atoms with Gasteiger partial charge < -0.3 is 16.0 Å². The number of aryl methyl sites for hydroxylation is 1. The summed E-state index contributed by atoms with van der Waals surface area (Å²) >= 11 is 0. The maximum atomic E-state index is 12.6. The quantitative estimate of drug-likeness (QED) is 0.488. The summed E-state index contributed by atoms with van der Waals surface area (Å²) in [5, 5.41) is 2.50. The topological polar surface area (TPSA) is 75.4 Å². The number of anilines is 1. The van der Waals surface area contributed by atoms with E-state index in [1.807, 2.05) is 0 Å². The van der Waals surface area contributed by atoms with E-state index in [9.17, 15) is 9.59 Å². The van der Waals surface area contributed by atoms with E-state index in [0.29, 0.717) is 17.2 Å². The number of Topliss-reactive ketones (excluding diaryl/α,β-unsaturated/α-hetero) is 1. The van der Waals surface area contributed by atoms with Crippen molar-refractivity contribution in [2.45, 2.75) is 39.0 Å². The van der Waals surface area contributed by atoms with Gasteiger partial charge in [-0.15, -0.1) is 0 Å². The Morgan fingerprint density at radius 3 is 2.28 bits per heavy atom. The smallest absolute Gasteiger partial charge is 0.316 e. The van der Waals surface area contributed by atoms with Gasteiger partial charge in [-0.05, 0) is 67.1 Å². The number of carbonyl (C=O) groups is 2. The largest absolute Gasteiger partial charge is 0.351 e. The Hall–Kier alpha value is -2.66. The number of nitrogens with zero attached hydrogens (tertiary/aromatic N) is 1. The van der Waals surface area contributed by atoms with Gasteiger partial charge in [0.25, 0.3) is 0 Å². The van der Waals surface area contributed by atoms with Crippen molar-refractivity contribution in [2.24, 2.45) is 11.7 Å². The first-order valence-electron chi connectivity index (χ1n) is 10.4. The molecular formula is C24H31N3O2. The van der Waals surface area contributed by atoms with Crippen LogP contribution in [0.1, 0.15) is 54.1 Å². The number of nitrogens with one attached hydrogen (secondary N) is 1. The molecule has 0 bridgehead atoms. The fraction of sp³-hybridized carbons (Fsp3) is 0.417. The monoisotopic (exact) mass is 393 g/mol. The van der Waals surface area contributed by atoms with Gasteiger partial charge >= 0.3 is 6.03 Å². The average molecular weight is 394 g/mol. The second-order valence-corrected chi connectivity index (χ2v) is 8.24. The van der Waals surface area contributed by atoms with Crippen molar-refractivity contribution in [1.29, 1.82) is 0 Å². The predicted octanol–water partition coefficient (Wildman–Crippen LogP) is 4.44. The molecule has 1 fully saturated rings. The molecule has 5 nitrogen and oxygen atoms in total. The number of likely N-dealkylation sites (tertiary alicyclic amines) is 1. The number of carbonyl (C=O) groups excluding carboxylic acids is 2. The first-order valence-corrected chi connectivity index (χ1v) is 10.4. The molecule has 2 aromatic rings. The molecule has 0 unspecified atom stereocenters. The minimum Gasteiger partial charge on any atom is -0.351 e. The third kappa shape index (κ3) is 5.91. The van der Waals surface area contributed by atoms with Crippen LogP contribution in [0.15, 0.2) is 48.5 Å². The number of unbranched alkanes of at least 4 members (excludes halogenated alkanes) is 1. The van der Waals surface area contributed by atoms with Crippen LogP contribution in [0.4, 0.5) is 10.5 Å². The van der Waals surface area contributed by atoms with Crippen LogP contribution in [0.25, 0.3) is 0 Å². The Labute approximate surface area is 173 Å². The molecule has 0 aromatic heterocycles. The SMILES string of the molecule is CC(C)c1ccc(CCCCN2CC(C(=O)c3ccc(NC(N)=O)cc3)C2)cc1. The van der Waals surface area contributed by atoms with Gasteiger partial charge in [0.15, 0.2) is 5.78 Å². The van der Waals surface area contributed by atoms with Crippen LogP contribution in [0, 0.1) is 5.92 Å². The van der Waals surface area contributed by atoms with Crippen LogP contribution < -0.4 is 11.1 Å². The van der Waals surface area contributed by atoms with Crippen molar-refractivity contribution in [3.8, 4) is 0 Å². The van der Waals surface area contributed by atoms with Crippen molar-refractivity contribution in [1.82, 2.24) is 4.90 Å². The molecule has 154 valence electrons. The molecule has 1 aliphatic heterocycles. The fourth-order valence-corrected chi connectivity index (χ4v) is 3.75. The number of rotatable bonds is 9. The number of hydrogen-bond donors (Lipinski definition) is 2. The lowest BCUT2D eigenvalue weighted by Gasteiger charge is -2.38. The van der Waals surface area contributed by atoms with Gasteiger partial charge in [-0.3, -0.25) is 4.79 Å². The van der Waals surface area contributed by atoms with Crippen molar-refractivity contribution >= 4 is 17.5 Å². The Morgan fingerprint density at radius 2 is 1.69 bits per heavy atom. The molecule has 3 N–H and O–H groups in total. The third-order valence-corrected chi connectivity index (χ3v) is 5.60. The standard InChI is InChI=1S/C24H31N3O2/c1-17(2)19-8-6-18(7-9-19)5-3-4-14-27-15-21(16-27)23(28)20-10-12-22(13-11-20)26-24(25)29/h6-13,17,21H,3-5,14-16H2,1-2H3,(H3,25,26,29). The molecule has 0 spiro atoms. The Bertz CT molecular complexity index is 822. The van der Waals surface area contributed by atoms with E-state index >= 15 is 0 Å². The number of hydrogen-bond acceptors (Lipinski definition) is 3. The van der Waals surface area contributed by atoms with Crippen molar-refractivity contribution in [3.05, 3.63) is 65.2 Å². The van der Waals surface area contributed by atoms with Gasteiger partial charge in [0.2, 0.25) is 0 Å². The number of benzene rings is 2. The molecular weight excluding hydrogens is 362 g/mol. The molecule has 1 heterocycles. The number of ketones is 1. The zero-order valence-corrected chi connectivity index (χ0v) is 17.4. The molecule has 1 saturated heterocycles. The van der Waals surface area contributed by atoms with Crippen molar-refractivity contribution in [3.63, 3.8) is 0 Å². The average Bonchev–Trinajstić information content (AvgIpc) is 2.66. The molecule has 0 atom stereocenters. The van der Waals surface area contributed by atoms with Gasteiger partial charge in [0.05, 0.1) is 0 Å². The van der Waals surface area contributed by atoms with Crippen molar-refractivity contribution < 1.29 is 9.59 Å². The summed E-state index contributed by atoms with van der Waals surface area (Å²) in [5.74, 6) is 0.835. The molecule has 29 heavy (non-hydrogen) atoms. The van der Waals surface area contributed by atoms with Gasteiger partial charge in [-0.2, -0.15) is 0 Å². The number of nitrogens with two attached hydrogens (primary N) is 1. The van der Waals surface area contributed by atoms with Gasteiger partial charge in [0, 0.05) is 30.3 Å². The highest BCUT2D eigenvalue weighted by molar-refractivity contribution is 5.99. The molecule has 5 heteroatoms. The summed E-state index contributed by atoms with van der Waals surface area (Å²) < 4.78 is 0. The Balaban J connectivity index is 1.34. The van der Waals surface area contributed by atoms with E-state index in [2.05, 4.69) is 48.3 Å². The van der Waals surface area contributed by atoms with E-state index in [1.165, 1.54) is 17.5 Å². The normalized spacial score (nSPS) is 14.6. The molecule has 0 radical (unpaired) electrons. The second kappa shape index (κ2) is 9.70. The summed E-state index contributed by atoms with van der Waals surface area (Å²) in [4.78, 5) is 25.8. The predicted molar refractivity (Wildman–Crippen MR) is 117 cm³/mol. The highest BCUT2D eigenvalue weighted by Crippen LogP contribution is 2.22. The lowest BCUT2D eigenvalue weighted by molar-refractivity contribution is 0.0618. The van der Waals surface area contributed by atoms with Gasteiger partial charge in [0.1, 0.15) is 0 Å². The molecule has 1 aliphatic rings. The molecule has 0 aliphatic carbocycles. The first kappa shape index (κ1) is 21.1. The maximum absolute atomic E-state index is 12.6. The van der Waals surface area contributed by atoms with Crippen LogP contribution in [0.5, 0.6) is 0 Å². The molecule has 2 amide bonds. The van der Waals surface area contributed by atoms with Crippen LogP contribution in [0.3, 0.4) is 0 Å². The Kier molecular flexibility index (Phi) is 7.04. The number of amides is 2. The van der Waals surface area contributed by atoms with E-state index in [1.54, 1.807) is 24.3 Å². The number of urea groups is 1. The van der Waals surface area contributed by atoms with E-state index in [-0.39, 0.29) is 11.7 Å². The highest BCUT2D eigenvalue weighted by Gasteiger charge is 2.32. The number of primary amides is 1. The zero-order valence-electron chi connectivity index (χ0n) is 17.4. The first-order chi connectivity index (χ1) is 13.9. The summed E-state index contributed by atoms with van der Waals surface area (Å²) in [6.07, 6.45) is 3.44. The lowest BCUT2D eigenvalue weighted by atomic mass is 9.90. The summed E-state index contributed by atoms with van der Waals surface area (Å²) in [5.41, 5.74) is 9.18. The maximum Gasteiger partial charge on any atom is 0.316 e. The summed E-state index contributed by atoms with van der Waals surface area (Å²) in [6.45, 7) is 7.16. The molecule has 0 saturated carbocycles. The van der Waals surface area contributed by atoms with Crippen LogP contribution in [-0.2, 0) is 6.42 Å². The van der Waals surface area contributed by atoms with Crippen LogP contribution in [0.2, 0.25) is 0 Å². The van der Waals surface area contributed by atoms with Gasteiger partial charge in [-0.25, -0.2) is 4.79 Å². The summed E-state index contributed by atoms with van der Waals surface area (Å²) in [6, 6.07) is 15.3. The zero-order chi connectivity index (χ0) is 20.8. The summed E-state index contributed by atoms with van der Waals surface area (Å²) in [7, 11) is 0. The molecule has 2 aromatic carbocycles.